The molecule has 1 aromatic rings. The molecule has 2 rings (SSSR count). The summed E-state index contributed by atoms with van der Waals surface area (Å²) in [5, 5.41) is 7.95. The lowest BCUT2D eigenvalue weighted by molar-refractivity contribution is 0.289. The van der Waals surface area contributed by atoms with E-state index in [1.54, 1.807) is 11.3 Å². The monoisotopic (exact) mass is 450 g/mol. The maximum Gasteiger partial charge on any atom is 0.191 e. The number of hydrogen-bond donors (Lipinski definition) is 2. The average molecular weight is 450 g/mol. The van der Waals surface area contributed by atoms with Crippen LogP contribution in [0.5, 0.6) is 0 Å². The first-order valence-corrected chi connectivity index (χ1v) is 9.35. The highest BCUT2D eigenvalue weighted by Crippen LogP contribution is 2.27. The minimum absolute atomic E-state index is 0. The molecule has 0 unspecified atom stereocenters. The Balaban J connectivity index is 0.00000264. The fourth-order valence-corrected chi connectivity index (χ4v) is 3.73. The summed E-state index contributed by atoms with van der Waals surface area (Å²) in [4.78, 5) is 10.5. The minimum atomic E-state index is 0. The highest BCUT2D eigenvalue weighted by atomic mass is 127. The molecule has 1 saturated carbocycles. The molecule has 0 bridgehead atoms. The minimum Gasteiger partial charge on any atom is -0.357 e. The third-order valence-corrected chi connectivity index (χ3v) is 5.54. The largest absolute Gasteiger partial charge is 0.357 e. The van der Waals surface area contributed by atoms with Gasteiger partial charge in [-0.05, 0) is 45.4 Å². The molecule has 0 saturated heterocycles. The first kappa shape index (κ1) is 20.7. The van der Waals surface area contributed by atoms with E-state index in [0.717, 1.165) is 41.6 Å². The van der Waals surface area contributed by atoms with Crippen molar-refractivity contribution in [3.05, 3.63) is 15.6 Å². The first-order valence-electron chi connectivity index (χ1n) is 8.53. The summed E-state index contributed by atoms with van der Waals surface area (Å²) in [5.74, 6) is 2.63. The summed E-state index contributed by atoms with van der Waals surface area (Å²) in [5.41, 5.74) is 1.13. The molecule has 6 heteroatoms. The number of aromatic nitrogens is 1. The Morgan fingerprint density at radius 3 is 2.48 bits per heavy atom. The van der Waals surface area contributed by atoms with E-state index in [1.807, 2.05) is 0 Å². The normalized spacial score (nSPS) is 21.7. The van der Waals surface area contributed by atoms with Crippen molar-refractivity contribution in [3.63, 3.8) is 0 Å². The molecular weight excluding hydrogens is 419 g/mol. The Labute approximate surface area is 162 Å². The predicted octanol–water partition coefficient (Wildman–Crippen LogP) is 4.26. The van der Waals surface area contributed by atoms with Gasteiger partial charge < -0.3 is 10.6 Å². The van der Waals surface area contributed by atoms with Crippen LogP contribution in [0.15, 0.2) is 4.99 Å². The Morgan fingerprint density at radius 2 is 1.91 bits per heavy atom. The summed E-state index contributed by atoms with van der Waals surface area (Å²) in [6.07, 6.45) is 5.44. The molecule has 0 aliphatic heterocycles. The maximum absolute atomic E-state index is 4.68. The molecule has 1 heterocycles. The SMILES string of the molecule is CCNC(=NCc1nc(C)c(C)s1)NCC1CCC(C)CC1.I. The van der Waals surface area contributed by atoms with Gasteiger partial charge in [0.25, 0.3) is 0 Å². The van der Waals surface area contributed by atoms with Gasteiger partial charge in [-0.2, -0.15) is 0 Å². The molecule has 23 heavy (non-hydrogen) atoms. The number of halogens is 1. The van der Waals surface area contributed by atoms with E-state index in [-0.39, 0.29) is 24.0 Å². The molecule has 0 radical (unpaired) electrons. The fourth-order valence-electron chi connectivity index (χ4n) is 2.87. The predicted molar refractivity (Wildman–Crippen MR) is 111 cm³/mol. The summed E-state index contributed by atoms with van der Waals surface area (Å²) < 4.78 is 0. The Kier molecular flexibility index (Phi) is 9.43. The molecule has 132 valence electrons. The van der Waals surface area contributed by atoms with E-state index < -0.39 is 0 Å². The van der Waals surface area contributed by atoms with E-state index >= 15 is 0 Å². The summed E-state index contributed by atoms with van der Waals surface area (Å²) in [6, 6.07) is 0. The van der Waals surface area contributed by atoms with Gasteiger partial charge >= 0.3 is 0 Å². The lowest BCUT2D eigenvalue weighted by Crippen LogP contribution is -2.40. The molecular formula is C17H31IN4S. The number of guanidine groups is 1. The van der Waals surface area contributed by atoms with Gasteiger partial charge in [0.05, 0.1) is 12.2 Å². The molecule has 1 aliphatic carbocycles. The molecule has 1 aliphatic rings. The number of thiazole rings is 1. The highest BCUT2D eigenvalue weighted by Gasteiger charge is 2.18. The molecule has 2 N–H and O–H groups in total. The van der Waals surface area contributed by atoms with Gasteiger partial charge in [-0.15, -0.1) is 35.3 Å². The van der Waals surface area contributed by atoms with Crippen LogP contribution in [0.3, 0.4) is 0 Å². The number of hydrogen-bond acceptors (Lipinski definition) is 3. The lowest BCUT2D eigenvalue weighted by atomic mass is 9.83. The summed E-state index contributed by atoms with van der Waals surface area (Å²) in [7, 11) is 0. The van der Waals surface area contributed by atoms with E-state index in [4.69, 9.17) is 0 Å². The van der Waals surface area contributed by atoms with E-state index in [9.17, 15) is 0 Å². The van der Waals surface area contributed by atoms with E-state index in [2.05, 4.69) is 48.3 Å². The van der Waals surface area contributed by atoms with Crippen molar-refractivity contribution in [1.82, 2.24) is 15.6 Å². The standard InChI is InChI=1S/C17H30N4S.HI/c1-5-18-17(19-10-15-8-6-12(2)7-9-15)20-11-16-21-13(3)14(4)22-16;/h12,15H,5-11H2,1-4H3,(H2,18,19,20);1H. The average Bonchev–Trinajstić information content (AvgIpc) is 2.82. The van der Waals surface area contributed by atoms with Gasteiger partial charge in [-0.3, -0.25) is 0 Å². The van der Waals surface area contributed by atoms with Crippen molar-refractivity contribution < 1.29 is 0 Å². The second kappa shape index (κ2) is 10.5. The van der Waals surface area contributed by atoms with Crippen LogP contribution in [0.2, 0.25) is 0 Å². The van der Waals surface area contributed by atoms with E-state index in [0.29, 0.717) is 6.54 Å². The second-order valence-electron chi connectivity index (χ2n) is 6.45. The molecule has 1 aromatic heterocycles. The third kappa shape index (κ3) is 6.95. The Morgan fingerprint density at radius 1 is 1.22 bits per heavy atom. The van der Waals surface area contributed by atoms with Crippen LogP contribution in [-0.2, 0) is 6.54 Å². The van der Waals surface area contributed by atoms with Crippen LogP contribution in [0.25, 0.3) is 0 Å². The van der Waals surface area contributed by atoms with Crippen LogP contribution in [0.4, 0.5) is 0 Å². The fraction of sp³-hybridized carbons (Fsp3) is 0.765. The highest BCUT2D eigenvalue weighted by molar-refractivity contribution is 14.0. The number of aryl methyl sites for hydroxylation is 2. The number of aliphatic imine (C=N–C) groups is 1. The van der Waals surface area contributed by atoms with Crippen molar-refractivity contribution in [2.45, 2.75) is 59.9 Å². The quantitative estimate of drug-likeness (QED) is 0.401. The topological polar surface area (TPSA) is 49.3 Å². The van der Waals surface area contributed by atoms with Gasteiger partial charge in [-0.25, -0.2) is 9.98 Å². The van der Waals surface area contributed by atoms with Crippen LogP contribution in [-0.4, -0.2) is 24.0 Å². The summed E-state index contributed by atoms with van der Waals surface area (Å²) >= 11 is 1.75. The van der Waals surface area contributed by atoms with Gasteiger partial charge in [0.2, 0.25) is 0 Å². The van der Waals surface area contributed by atoms with E-state index in [1.165, 1.54) is 30.6 Å². The van der Waals surface area contributed by atoms with Crippen LogP contribution in [0.1, 0.15) is 55.1 Å². The number of nitrogens with zero attached hydrogens (tertiary/aromatic N) is 2. The molecule has 0 atom stereocenters. The molecule has 1 fully saturated rings. The van der Waals surface area contributed by atoms with Crippen molar-refractivity contribution in [1.29, 1.82) is 0 Å². The zero-order valence-corrected chi connectivity index (χ0v) is 18.0. The zero-order valence-electron chi connectivity index (χ0n) is 14.8. The third-order valence-electron chi connectivity index (χ3n) is 4.48. The van der Waals surface area contributed by atoms with Gasteiger partial charge in [-0.1, -0.05) is 19.8 Å². The van der Waals surface area contributed by atoms with Crippen LogP contribution < -0.4 is 10.6 Å². The van der Waals surface area contributed by atoms with Crippen molar-refractivity contribution >= 4 is 41.3 Å². The summed E-state index contributed by atoms with van der Waals surface area (Å²) in [6.45, 7) is 11.2. The first-order chi connectivity index (χ1) is 10.6. The van der Waals surface area contributed by atoms with Crippen molar-refractivity contribution in [2.24, 2.45) is 16.8 Å². The van der Waals surface area contributed by atoms with Crippen molar-refractivity contribution in [3.8, 4) is 0 Å². The maximum atomic E-state index is 4.68. The lowest BCUT2D eigenvalue weighted by Gasteiger charge is -2.26. The van der Waals surface area contributed by atoms with Crippen molar-refractivity contribution in [2.75, 3.05) is 13.1 Å². The molecule has 0 spiro atoms. The zero-order chi connectivity index (χ0) is 15.9. The molecule has 0 aromatic carbocycles. The Bertz CT molecular complexity index is 473. The van der Waals surface area contributed by atoms with Gasteiger partial charge in [0.15, 0.2) is 5.96 Å². The van der Waals surface area contributed by atoms with Gasteiger partial charge in [0, 0.05) is 18.0 Å². The number of rotatable bonds is 5. The Hall–Kier alpha value is -0.370. The van der Waals surface area contributed by atoms with Crippen LogP contribution >= 0.6 is 35.3 Å². The number of nitrogens with one attached hydrogen (secondary N) is 2. The van der Waals surface area contributed by atoms with Crippen LogP contribution in [0, 0.1) is 25.7 Å². The smallest absolute Gasteiger partial charge is 0.191 e. The second-order valence-corrected chi connectivity index (χ2v) is 7.74. The molecule has 4 nitrogen and oxygen atoms in total. The molecule has 0 amide bonds. The van der Waals surface area contributed by atoms with Gasteiger partial charge in [0.1, 0.15) is 5.01 Å².